The van der Waals surface area contributed by atoms with Crippen LogP contribution in [0.4, 0.5) is 0 Å². The lowest BCUT2D eigenvalue weighted by Crippen LogP contribution is -2.42. The molecule has 0 spiro atoms. The lowest BCUT2D eigenvalue weighted by atomic mass is 10.0. The molecule has 20 heavy (non-hydrogen) atoms. The minimum Gasteiger partial charge on any atom is -0.497 e. The van der Waals surface area contributed by atoms with Crippen LogP contribution in [0.1, 0.15) is 32.4 Å². The molecule has 0 radical (unpaired) electrons. The Morgan fingerprint density at radius 3 is 2.30 bits per heavy atom. The van der Waals surface area contributed by atoms with Gasteiger partial charge in [0.15, 0.2) is 0 Å². The molecule has 0 saturated heterocycles. The molecule has 0 saturated carbocycles. The van der Waals surface area contributed by atoms with E-state index in [4.69, 9.17) is 9.47 Å². The van der Waals surface area contributed by atoms with E-state index in [2.05, 4.69) is 5.32 Å². The van der Waals surface area contributed by atoms with Crippen LogP contribution >= 0.6 is 0 Å². The molecular formula is C15H23NO4. The summed E-state index contributed by atoms with van der Waals surface area (Å²) in [7, 11) is 3.18. The van der Waals surface area contributed by atoms with Crippen molar-refractivity contribution in [3.8, 4) is 11.5 Å². The van der Waals surface area contributed by atoms with Gasteiger partial charge in [-0.2, -0.15) is 0 Å². The van der Waals surface area contributed by atoms with Crippen LogP contribution in [0.3, 0.4) is 0 Å². The molecule has 0 aliphatic heterocycles. The first-order valence-electron chi connectivity index (χ1n) is 6.61. The van der Waals surface area contributed by atoms with Gasteiger partial charge in [0, 0.05) is 17.7 Å². The summed E-state index contributed by atoms with van der Waals surface area (Å²) >= 11 is 0. The zero-order valence-electron chi connectivity index (χ0n) is 12.6. The smallest absolute Gasteiger partial charge is 0.320 e. The third-order valence-electron chi connectivity index (χ3n) is 3.27. The van der Waals surface area contributed by atoms with Crippen molar-refractivity contribution in [2.45, 2.75) is 32.9 Å². The van der Waals surface area contributed by atoms with Gasteiger partial charge >= 0.3 is 5.97 Å². The molecule has 5 nitrogen and oxygen atoms in total. The maximum Gasteiger partial charge on any atom is 0.320 e. The van der Waals surface area contributed by atoms with Crippen LogP contribution in [0, 0.1) is 5.92 Å². The normalized spacial score (nSPS) is 13.9. The van der Waals surface area contributed by atoms with Crippen molar-refractivity contribution in [2.75, 3.05) is 14.2 Å². The predicted molar refractivity (Wildman–Crippen MR) is 77.4 cm³/mol. The minimum absolute atomic E-state index is 0.000747. The Kier molecular flexibility index (Phi) is 5.82. The number of benzene rings is 1. The molecular weight excluding hydrogens is 258 g/mol. The molecule has 2 atom stereocenters. The number of aliphatic carboxylic acids is 1. The zero-order valence-corrected chi connectivity index (χ0v) is 12.6. The number of hydrogen-bond acceptors (Lipinski definition) is 4. The summed E-state index contributed by atoms with van der Waals surface area (Å²) in [5.74, 6) is 0.534. The van der Waals surface area contributed by atoms with E-state index in [-0.39, 0.29) is 12.0 Å². The van der Waals surface area contributed by atoms with Crippen LogP contribution < -0.4 is 14.8 Å². The molecule has 1 aromatic carbocycles. The van der Waals surface area contributed by atoms with Crippen molar-refractivity contribution in [3.63, 3.8) is 0 Å². The molecule has 2 unspecified atom stereocenters. The van der Waals surface area contributed by atoms with E-state index in [0.29, 0.717) is 11.5 Å². The van der Waals surface area contributed by atoms with Crippen molar-refractivity contribution in [2.24, 2.45) is 5.92 Å². The van der Waals surface area contributed by atoms with Crippen molar-refractivity contribution in [1.29, 1.82) is 0 Å². The molecule has 1 rings (SSSR count). The van der Waals surface area contributed by atoms with Gasteiger partial charge in [-0.05, 0) is 18.9 Å². The molecule has 0 aromatic heterocycles. The number of rotatable bonds is 7. The van der Waals surface area contributed by atoms with Gasteiger partial charge in [-0.25, -0.2) is 0 Å². The number of nitrogens with one attached hydrogen (secondary N) is 1. The molecule has 0 fully saturated rings. The molecule has 112 valence electrons. The number of methoxy groups -OCH3 is 2. The topological polar surface area (TPSA) is 67.8 Å². The van der Waals surface area contributed by atoms with Crippen LogP contribution in [-0.4, -0.2) is 31.3 Å². The van der Waals surface area contributed by atoms with E-state index in [1.807, 2.05) is 32.9 Å². The molecule has 0 bridgehead atoms. The minimum atomic E-state index is -0.848. The zero-order chi connectivity index (χ0) is 15.3. The lowest BCUT2D eigenvalue weighted by Gasteiger charge is -2.24. The summed E-state index contributed by atoms with van der Waals surface area (Å²) in [4.78, 5) is 11.2. The van der Waals surface area contributed by atoms with Crippen molar-refractivity contribution in [1.82, 2.24) is 5.32 Å². The summed E-state index contributed by atoms with van der Waals surface area (Å²) < 4.78 is 10.5. The second-order valence-corrected chi connectivity index (χ2v) is 5.06. The van der Waals surface area contributed by atoms with E-state index in [9.17, 15) is 9.90 Å². The van der Waals surface area contributed by atoms with Crippen molar-refractivity contribution in [3.05, 3.63) is 23.8 Å². The Labute approximate surface area is 119 Å². The molecule has 0 amide bonds. The van der Waals surface area contributed by atoms with Crippen LogP contribution in [0.25, 0.3) is 0 Å². The summed E-state index contributed by atoms with van der Waals surface area (Å²) in [5, 5.41) is 12.4. The van der Waals surface area contributed by atoms with Gasteiger partial charge in [-0.3, -0.25) is 10.1 Å². The number of carbonyl (C=O) groups is 1. The third-order valence-corrected chi connectivity index (χ3v) is 3.27. The second kappa shape index (κ2) is 7.14. The third kappa shape index (κ3) is 3.87. The van der Waals surface area contributed by atoms with Gasteiger partial charge < -0.3 is 14.6 Å². The number of ether oxygens (including phenoxy) is 2. The maximum absolute atomic E-state index is 11.2. The quantitative estimate of drug-likeness (QED) is 0.803. The van der Waals surface area contributed by atoms with Gasteiger partial charge in [0.2, 0.25) is 0 Å². The van der Waals surface area contributed by atoms with E-state index in [1.54, 1.807) is 20.3 Å². The van der Waals surface area contributed by atoms with Gasteiger partial charge in [0.05, 0.1) is 14.2 Å². The molecule has 2 N–H and O–H groups in total. The summed E-state index contributed by atoms with van der Waals surface area (Å²) in [6.07, 6.45) is 0. The van der Waals surface area contributed by atoms with Crippen LogP contribution in [0.2, 0.25) is 0 Å². The first-order chi connectivity index (χ1) is 9.40. The Balaban J connectivity index is 2.96. The average Bonchev–Trinajstić information content (AvgIpc) is 2.42. The Morgan fingerprint density at radius 2 is 1.85 bits per heavy atom. The summed E-state index contributed by atoms with van der Waals surface area (Å²) in [6.45, 7) is 5.68. The molecule has 1 aromatic rings. The van der Waals surface area contributed by atoms with E-state index < -0.39 is 12.0 Å². The van der Waals surface area contributed by atoms with Gasteiger partial charge in [0.1, 0.15) is 17.5 Å². The number of hydrogen-bond donors (Lipinski definition) is 2. The summed E-state index contributed by atoms with van der Waals surface area (Å²) in [5.41, 5.74) is 0.903. The van der Waals surface area contributed by atoms with Gasteiger partial charge in [-0.15, -0.1) is 0 Å². The Bertz CT molecular complexity index is 459. The lowest BCUT2D eigenvalue weighted by molar-refractivity contribution is -0.140. The largest absolute Gasteiger partial charge is 0.497 e. The average molecular weight is 281 g/mol. The van der Waals surface area contributed by atoms with Gasteiger partial charge in [0.25, 0.3) is 0 Å². The fourth-order valence-corrected chi connectivity index (χ4v) is 2.08. The molecule has 0 aliphatic rings. The van der Waals surface area contributed by atoms with Crippen molar-refractivity contribution >= 4 is 5.97 Å². The molecule has 0 heterocycles. The highest BCUT2D eigenvalue weighted by molar-refractivity contribution is 5.73. The standard InChI is InChI=1S/C15H23NO4/c1-9(2)14(15(17)18)16-10(3)12-7-6-11(19-4)8-13(12)20-5/h6-10,14,16H,1-5H3,(H,17,18). The number of carboxylic acids is 1. The van der Waals surface area contributed by atoms with E-state index >= 15 is 0 Å². The van der Waals surface area contributed by atoms with E-state index in [1.165, 1.54) is 0 Å². The highest BCUT2D eigenvalue weighted by Gasteiger charge is 2.24. The number of carboxylic acid groups (broad SMARTS) is 1. The monoisotopic (exact) mass is 281 g/mol. The first-order valence-corrected chi connectivity index (χ1v) is 6.61. The fraction of sp³-hybridized carbons (Fsp3) is 0.533. The van der Waals surface area contributed by atoms with Crippen molar-refractivity contribution < 1.29 is 19.4 Å². The predicted octanol–water partition coefficient (Wildman–Crippen LogP) is 2.46. The Morgan fingerprint density at radius 1 is 1.20 bits per heavy atom. The van der Waals surface area contributed by atoms with Crippen LogP contribution in [-0.2, 0) is 4.79 Å². The highest BCUT2D eigenvalue weighted by Crippen LogP contribution is 2.29. The van der Waals surface area contributed by atoms with E-state index in [0.717, 1.165) is 5.56 Å². The Hall–Kier alpha value is -1.75. The first kappa shape index (κ1) is 16.3. The fourth-order valence-electron chi connectivity index (χ4n) is 2.08. The molecule has 5 heteroatoms. The summed E-state index contributed by atoms with van der Waals surface area (Å²) in [6, 6.07) is 4.77. The highest BCUT2D eigenvalue weighted by atomic mass is 16.5. The van der Waals surface area contributed by atoms with Crippen LogP contribution in [0.5, 0.6) is 11.5 Å². The molecule has 0 aliphatic carbocycles. The SMILES string of the molecule is COc1ccc(C(C)NC(C(=O)O)C(C)C)c(OC)c1. The van der Waals surface area contributed by atoms with Crippen LogP contribution in [0.15, 0.2) is 18.2 Å². The maximum atomic E-state index is 11.2. The van der Waals surface area contributed by atoms with Gasteiger partial charge in [-0.1, -0.05) is 19.9 Å². The second-order valence-electron chi connectivity index (χ2n) is 5.06.